The number of carbonyl (C=O) groups excluding carboxylic acids is 3. The lowest BCUT2D eigenvalue weighted by atomic mass is 9.98. The van der Waals surface area contributed by atoms with Gasteiger partial charge in [0, 0.05) is 55.9 Å². The average Bonchev–Trinajstić information content (AvgIpc) is 2.86. The monoisotopic (exact) mass is 466 g/mol. The number of methoxy groups -OCH3 is 1. The second-order valence-electron chi connectivity index (χ2n) is 8.63. The van der Waals surface area contributed by atoms with Crippen LogP contribution in [0.4, 0.5) is 11.4 Å². The number of carbonyl (C=O) groups is 3. The van der Waals surface area contributed by atoms with Crippen LogP contribution in [0.2, 0.25) is 0 Å². The van der Waals surface area contributed by atoms with E-state index in [1.807, 2.05) is 4.90 Å². The minimum absolute atomic E-state index is 0.0403. The van der Waals surface area contributed by atoms with E-state index in [0.717, 1.165) is 38.0 Å². The number of likely N-dealkylation sites (tertiary alicyclic amines) is 1. The fourth-order valence-electron chi connectivity index (χ4n) is 3.74. The van der Waals surface area contributed by atoms with E-state index in [4.69, 9.17) is 4.74 Å². The van der Waals surface area contributed by atoms with Crippen LogP contribution in [0.3, 0.4) is 0 Å². The van der Waals surface area contributed by atoms with Crippen molar-refractivity contribution in [3.63, 3.8) is 0 Å². The molecule has 3 rings (SSSR count). The van der Waals surface area contributed by atoms with Crippen molar-refractivity contribution in [3.8, 4) is 0 Å². The Hall–Kier alpha value is -3.39. The molecule has 1 fully saturated rings. The molecule has 1 aliphatic rings. The number of rotatable bonds is 10. The average molecular weight is 467 g/mol. The number of anilines is 2. The number of piperidine rings is 1. The highest BCUT2D eigenvalue weighted by atomic mass is 16.5. The third-order valence-corrected chi connectivity index (χ3v) is 5.90. The Balaban J connectivity index is 1.42. The molecule has 1 saturated heterocycles. The first-order valence-electron chi connectivity index (χ1n) is 11.8. The molecule has 0 atom stereocenters. The molecule has 3 amide bonds. The normalized spacial score (nSPS) is 13.9. The lowest BCUT2D eigenvalue weighted by Crippen LogP contribution is -2.37. The lowest BCUT2D eigenvalue weighted by Gasteiger charge is -2.30. The zero-order valence-electron chi connectivity index (χ0n) is 19.9. The summed E-state index contributed by atoms with van der Waals surface area (Å²) in [5.74, 6) is 0.365. The number of nitrogens with zero attached hydrogens (tertiary/aromatic N) is 1. The Bertz CT molecular complexity index is 952. The zero-order valence-corrected chi connectivity index (χ0v) is 19.9. The summed E-state index contributed by atoms with van der Waals surface area (Å²) >= 11 is 0. The lowest BCUT2D eigenvalue weighted by molar-refractivity contribution is -0.114. The topological polar surface area (TPSA) is 99.8 Å². The molecule has 2 aromatic carbocycles. The van der Waals surface area contributed by atoms with Crippen LogP contribution >= 0.6 is 0 Å². The van der Waals surface area contributed by atoms with Crippen LogP contribution in [0.15, 0.2) is 48.5 Å². The van der Waals surface area contributed by atoms with Crippen LogP contribution in [0.25, 0.3) is 0 Å². The van der Waals surface area contributed by atoms with Gasteiger partial charge in [-0.25, -0.2) is 0 Å². The van der Waals surface area contributed by atoms with Gasteiger partial charge >= 0.3 is 0 Å². The van der Waals surface area contributed by atoms with Gasteiger partial charge in [-0.1, -0.05) is 6.92 Å². The van der Waals surface area contributed by atoms with Gasteiger partial charge in [-0.2, -0.15) is 0 Å². The molecule has 0 spiro atoms. The second kappa shape index (κ2) is 12.7. The molecule has 0 aliphatic carbocycles. The maximum atomic E-state index is 12.6. The molecule has 8 nitrogen and oxygen atoms in total. The summed E-state index contributed by atoms with van der Waals surface area (Å²) in [5.41, 5.74) is 2.56. The zero-order chi connectivity index (χ0) is 24.3. The SMILES string of the molecule is COCCCNC(=O)c1ccc(NCC(=O)Nc2ccc(C(=O)N3CCC(C)CC3)cc2)cc1. The highest BCUT2D eigenvalue weighted by molar-refractivity contribution is 5.97. The molecule has 0 radical (unpaired) electrons. The summed E-state index contributed by atoms with van der Waals surface area (Å²) in [5, 5.41) is 8.71. The molecule has 182 valence electrons. The van der Waals surface area contributed by atoms with Gasteiger partial charge in [0.15, 0.2) is 0 Å². The third-order valence-electron chi connectivity index (χ3n) is 5.90. The minimum Gasteiger partial charge on any atom is -0.385 e. The summed E-state index contributed by atoms with van der Waals surface area (Å²) < 4.78 is 4.96. The van der Waals surface area contributed by atoms with Crippen LogP contribution in [-0.4, -0.2) is 62.5 Å². The Kier molecular flexibility index (Phi) is 9.46. The fraction of sp³-hybridized carbons (Fsp3) is 0.423. The molecule has 3 N–H and O–H groups in total. The second-order valence-corrected chi connectivity index (χ2v) is 8.63. The Morgan fingerprint density at radius 1 is 0.941 bits per heavy atom. The molecule has 2 aromatic rings. The number of ether oxygens (including phenoxy) is 1. The van der Waals surface area contributed by atoms with E-state index in [1.165, 1.54) is 0 Å². The van der Waals surface area contributed by atoms with E-state index in [9.17, 15) is 14.4 Å². The number of hydrogen-bond acceptors (Lipinski definition) is 5. The Morgan fingerprint density at radius 3 is 2.21 bits per heavy atom. The van der Waals surface area contributed by atoms with Crippen molar-refractivity contribution in [2.24, 2.45) is 5.92 Å². The third kappa shape index (κ3) is 7.59. The summed E-state index contributed by atoms with van der Waals surface area (Å²) in [6.07, 6.45) is 2.84. The van der Waals surface area contributed by atoms with Crippen molar-refractivity contribution in [1.82, 2.24) is 10.2 Å². The largest absolute Gasteiger partial charge is 0.385 e. The number of nitrogens with one attached hydrogen (secondary N) is 3. The summed E-state index contributed by atoms with van der Waals surface area (Å²) in [6.45, 7) is 5.04. The molecule has 0 bridgehead atoms. The van der Waals surface area contributed by atoms with Crippen molar-refractivity contribution in [1.29, 1.82) is 0 Å². The van der Waals surface area contributed by atoms with E-state index in [1.54, 1.807) is 55.6 Å². The molecule has 0 aromatic heterocycles. The van der Waals surface area contributed by atoms with Gasteiger partial charge in [-0.15, -0.1) is 0 Å². The fourth-order valence-corrected chi connectivity index (χ4v) is 3.74. The maximum absolute atomic E-state index is 12.6. The number of amides is 3. The maximum Gasteiger partial charge on any atom is 0.253 e. The van der Waals surface area contributed by atoms with Gasteiger partial charge in [0.05, 0.1) is 6.54 Å². The van der Waals surface area contributed by atoms with Crippen molar-refractivity contribution in [2.45, 2.75) is 26.2 Å². The molecule has 0 saturated carbocycles. The van der Waals surface area contributed by atoms with Crippen molar-refractivity contribution < 1.29 is 19.1 Å². The Labute approximate surface area is 201 Å². The number of hydrogen-bond donors (Lipinski definition) is 3. The highest BCUT2D eigenvalue weighted by Crippen LogP contribution is 2.19. The molecule has 1 aliphatic heterocycles. The van der Waals surface area contributed by atoms with Crippen LogP contribution in [0.5, 0.6) is 0 Å². The first-order chi connectivity index (χ1) is 16.5. The van der Waals surface area contributed by atoms with Crippen molar-refractivity contribution >= 4 is 29.1 Å². The van der Waals surface area contributed by atoms with Crippen LogP contribution in [-0.2, 0) is 9.53 Å². The number of benzene rings is 2. The first kappa shape index (κ1) is 25.2. The van der Waals surface area contributed by atoms with Gasteiger partial charge in [-0.3, -0.25) is 14.4 Å². The smallest absolute Gasteiger partial charge is 0.253 e. The van der Waals surface area contributed by atoms with E-state index < -0.39 is 0 Å². The van der Waals surface area contributed by atoms with E-state index >= 15 is 0 Å². The first-order valence-corrected chi connectivity index (χ1v) is 11.8. The predicted octanol–water partition coefficient (Wildman–Crippen LogP) is 3.38. The molecular formula is C26H34N4O4. The van der Waals surface area contributed by atoms with Gasteiger partial charge in [0.1, 0.15) is 0 Å². The van der Waals surface area contributed by atoms with Crippen LogP contribution in [0, 0.1) is 5.92 Å². The molecule has 0 unspecified atom stereocenters. The standard InChI is InChI=1S/C26H34N4O4/c1-19-12-15-30(16-13-19)26(33)21-6-10-23(11-7-21)29-24(31)18-28-22-8-4-20(5-9-22)25(32)27-14-3-17-34-2/h4-11,19,28H,3,12-18H2,1-2H3,(H,27,32)(H,29,31). The van der Waals surface area contributed by atoms with Crippen LogP contribution < -0.4 is 16.0 Å². The van der Waals surface area contributed by atoms with Gasteiger partial charge in [0.25, 0.3) is 11.8 Å². The highest BCUT2D eigenvalue weighted by Gasteiger charge is 2.21. The molecule has 8 heteroatoms. The predicted molar refractivity (Wildman–Crippen MR) is 133 cm³/mol. The van der Waals surface area contributed by atoms with Gasteiger partial charge in [-0.05, 0) is 73.7 Å². The molecular weight excluding hydrogens is 432 g/mol. The van der Waals surface area contributed by atoms with E-state index in [-0.39, 0.29) is 24.3 Å². The van der Waals surface area contributed by atoms with Crippen molar-refractivity contribution in [2.75, 3.05) is 50.5 Å². The summed E-state index contributed by atoms with van der Waals surface area (Å²) in [4.78, 5) is 38.9. The Morgan fingerprint density at radius 2 is 1.56 bits per heavy atom. The van der Waals surface area contributed by atoms with Gasteiger partial charge < -0.3 is 25.6 Å². The minimum atomic E-state index is -0.205. The molecule has 34 heavy (non-hydrogen) atoms. The molecule has 1 heterocycles. The van der Waals surface area contributed by atoms with E-state index in [0.29, 0.717) is 35.9 Å². The van der Waals surface area contributed by atoms with E-state index in [2.05, 4.69) is 22.9 Å². The van der Waals surface area contributed by atoms with Crippen molar-refractivity contribution in [3.05, 3.63) is 59.7 Å². The van der Waals surface area contributed by atoms with Crippen LogP contribution in [0.1, 0.15) is 46.9 Å². The summed E-state index contributed by atoms with van der Waals surface area (Å²) in [6, 6.07) is 14.0. The summed E-state index contributed by atoms with van der Waals surface area (Å²) in [7, 11) is 1.63. The quantitative estimate of drug-likeness (QED) is 0.466. The van der Waals surface area contributed by atoms with Gasteiger partial charge in [0.2, 0.25) is 5.91 Å².